The lowest BCUT2D eigenvalue weighted by molar-refractivity contribution is -0.384. The molecule has 3 aromatic carbocycles. The van der Waals surface area contributed by atoms with Crippen molar-refractivity contribution in [3.8, 4) is 28.8 Å². The van der Waals surface area contributed by atoms with Crippen LogP contribution in [-0.4, -0.2) is 44.6 Å². The summed E-state index contributed by atoms with van der Waals surface area (Å²) in [4.78, 5) is 45.0. The first kappa shape index (κ1) is 24.1. The van der Waals surface area contributed by atoms with E-state index in [2.05, 4.69) is 25.2 Å². The van der Waals surface area contributed by atoms with Crippen LogP contribution < -0.4 is 15.0 Å². The lowest BCUT2D eigenvalue weighted by Crippen LogP contribution is -2.10. The molecule has 2 heterocycles. The number of ether oxygens (including phenoxy) is 2. The second kappa shape index (κ2) is 9.81. The van der Waals surface area contributed by atoms with E-state index in [1.807, 2.05) is 0 Å². The quantitative estimate of drug-likeness (QED) is 0.162. The number of hydrogen-bond donors (Lipinski definition) is 3. The molecule has 0 saturated carbocycles. The Morgan fingerprint density at radius 2 is 1.89 bits per heavy atom. The molecular weight excluding hydrogens is 496 g/mol. The zero-order valence-corrected chi connectivity index (χ0v) is 19.7. The molecule has 13 nitrogen and oxygen atoms in total. The number of amides is 1. The number of nitro benzene ring substituents is 1. The van der Waals surface area contributed by atoms with Gasteiger partial charge in [-0.1, -0.05) is 12.1 Å². The second-order valence-electron chi connectivity index (χ2n) is 7.99. The third-order valence-corrected chi connectivity index (χ3v) is 5.61. The summed E-state index contributed by atoms with van der Waals surface area (Å²) in [6.45, 7) is -0.506. The van der Waals surface area contributed by atoms with Gasteiger partial charge in [-0.25, -0.2) is 4.98 Å². The van der Waals surface area contributed by atoms with Crippen LogP contribution >= 0.6 is 0 Å². The molecule has 0 radical (unpaired) electrons. The number of azo groups is 1. The van der Waals surface area contributed by atoms with Gasteiger partial charge in [-0.3, -0.25) is 19.7 Å². The summed E-state index contributed by atoms with van der Waals surface area (Å²) in [5.41, 5.74) is 0.885. The molecule has 1 amide bonds. The van der Waals surface area contributed by atoms with Crippen molar-refractivity contribution in [2.24, 2.45) is 10.2 Å². The maximum atomic E-state index is 12.4. The van der Waals surface area contributed by atoms with E-state index in [1.165, 1.54) is 25.3 Å². The Kier molecular flexibility index (Phi) is 6.23. The molecule has 2 aromatic heterocycles. The van der Waals surface area contributed by atoms with Crippen molar-refractivity contribution in [3.63, 3.8) is 0 Å². The molecule has 0 spiro atoms. The number of carbonyl (C=O) groups excluding carboxylic acids is 1. The summed E-state index contributed by atoms with van der Waals surface area (Å²) in [7, 11) is 1.42. The average Bonchev–Trinajstić information content (AvgIpc) is 3.24. The molecule has 0 bridgehead atoms. The van der Waals surface area contributed by atoms with E-state index in [4.69, 9.17) is 9.47 Å². The van der Waals surface area contributed by atoms with Gasteiger partial charge in [0.25, 0.3) is 11.2 Å². The van der Waals surface area contributed by atoms with Crippen LogP contribution in [0.25, 0.3) is 33.2 Å². The summed E-state index contributed by atoms with van der Waals surface area (Å²) in [6, 6.07) is 15.7. The first-order chi connectivity index (χ1) is 18.3. The number of methoxy groups -OCH3 is 1. The van der Waals surface area contributed by atoms with E-state index in [0.717, 1.165) is 0 Å². The highest BCUT2D eigenvalue weighted by Gasteiger charge is 2.16. The topological polar surface area (TPSA) is 185 Å². The summed E-state index contributed by atoms with van der Waals surface area (Å²) in [6.07, 6.45) is 0. The number of H-pyrrole nitrogens is 2. The molecule has 3 N–H and O–H groups in total. The molecule has 13 heteroatoms. The number of rotatable bonds is 7. The van der Waals surface area contributed by atoms with E-state index >= 15 is 0 Å². The lowest BCUT2D eigenvalue weighted by Gasteiger charge is -2.11. The number of fused-ring (bicyclic) bond motifs is 2. The lowest BCUT2D eigenvalue weighted by atomic mass is 10.1. The number of para-hydroxylation sites is 1. The zero-order chi connectivity index (χ0) is 26.8. The maximum absolute atomic E-state index is 12.4. The Labute approximate surface area is 212 Å². The van der Waals surface area contributed by atoms with Crippen molar-refractivity contribution < 1.29 is 24.3 Å². The Balaban J connectivity index is 1.33. The minimum atomic E-state index is -0.782. The number of carbonyl (C=O) groups is 1. The largest absolute Gasteiger partial charge is 0.493 e. The van der Waals surface area contributed by atoms with E-state index < -0.39 is 23.3 Å². The number of non-ortho nitro benzene ring substituents is 1. The first-order valence-electron chi connectivity index (χ1n) is 11.1. The molecular formula is C25H18N6O7. The monoisotopic (exact) mass is 514 g/mol. The van der Waals surface area contributed by atoms with Gasteiger partial charge in [0.05, 0.1) is 28.5 Å². The summed E-state index contributed by atoms with van der Waals surface area (Å²) in [5.74, 6) is -0.327. The van der Waals surface area contributed by atoms with E-state index in [9.17, 15) is 24.8 Å². The van der Waals surface area contributed by atoms with Gasteiger partial charge in [0.1, 0.15) is 5.82 Å². The number of nitrogens with one attached hydrogen (secondary N) is 2. The molecule has 0 aliphatic heterocycles. The fourth-order valence-corrected chi connectivity index (χ4v) is 3.80. The van der Waals surface area contributed by atoms with E-state index in [0.29, 0.717) is 27.8 Å². The summed E-state index contributed by atoms with van der Waals surface area (Å²) >= 11 is 0. The maximum Gasteiger partial charge on any atom is 0.302 e. The Hall–Kier alpha value is -5.59. The third kappa shape index (κ3) is 4.63. The average molecular weight is 514 g/mol. The summed E-state index contributed by atoms with van der Waals surface area (Å²) < 4.78 is 10.9. The highest BCUT2D eigenvalue weighted by molar-refractivity contribution is 5.95. The standard InChI is InChI=1S/C25H18N6O7/c1-37-20-10-13(23-26-17-5-3-2-4-15(17)24(33)28-23)6-9-19(20)38-12-21(32)29-30-22-16-11-14(31(35)36)7-8-18(16)27-25(22)34/h2-11,27,34H,12H2,1H3,(H,26,28,33). The Bertz CT molecular complexity index is 1810. The van der Waals surface area contributed by atoms with Gasteiger partial charge in [-0.15, -0.1) is 10.2 Å². The zero-order valence-electron chi connectivity index (χ0n) is 19.7. The number of aromatic hydroxyl groups is 1. The first-order valence-corrected chi connectivity index (χ1v) is 11.1. The van der Waals surface area contributed by atoms with Crippen LogP contribution in [0.5, 0.6) is 17.4 Å². The molecule has 5 rings (SSSR count). The van der Waals surface area contributed by atoms with Gasteiger partial charge in [0.2, 0.25) is 5.88 Å². The molecule has 190 valence electrons. The van der Waals surface area contributed by atoms with Crippen LogP contribution in [0, 0.1) is 10.1 Å². The SMILES string of the molecule is COc1cc(-c2nc3ccccc3c(=O)[nH]2)ccc1OCC(=O)N=Nc1c(O)[nH]c2ccc([N+](=O)[O-])cc12. The number of aromatic nitrogens is 3. The molecule has 0 aliphatic carbocycles. The van der Waals surface area contributed by atoms with Gasteiger partial charge < -0.3 is 24.5 Å². The molecule has 38 heavy (non-hydrogen) atoms. The number of benzene rings is 3. The fraction of sp³-hybridized carbons (Fsp3) is 0.0800. The van der Waals surface area contributed by atoms with E-state index in [1.54, 1.807) is 42.5 Å². The highest BCUT2D eigenvalue weighted by Crippen LogP contribution is 2.37. The minimum Gasteiger partial charge on any atom is -0.493 e. The van der Waals surface area contributed by atoms with Gasteiger partial charge in [-0.05, 0) is 36.4 Å². The molecule has 5 aromatic rings. The molecule has 0 unspecified atom stereocenters. The summed E-state index contributed by atoms with van der Waals surface area (Å²) in [5, 5.41) is 29.1. The van der Waals surface area contributed by atoms with Crippen molar-refractivity contribution in [2.45, 2.75) is 0 Å². The highest BCUT2D eigenvalue weighted by atomic mass is 16.6. The van der Waals surface area contributed by atoms with Crippen LogP contribution in [0.3, 0.4) is 0 Å². The number of nitrogens with zero attached hydrogens (tertiary/aromatic N) is 4. The Morgan fingerprint density at radius 3 is 2.68 bits per heavy atom. The van der Waals surface area contributed by atoms with Gasteiger partial charge in [0.15, 0.2) is 23.8 Å². The van der Waals surface area contributed by atoms with Crippen LogP contribution in [0.4, 0.5) is 11.4 Å². The second-order valence-corrected chi connectivity index (χ2v) is 7.99. The molecule has 0 atom stereocenters. The van der Waals surface area contributed by atoms with Crippen molar-refractivity contribution in [3.05, 3.63) is 81.1 Å². The molecule has 0 saturated heterocycles. The number of aromatic amines is 2. The number of nitro groups is 1. The fourth-order valence-electron chi connectivity index (χ4n) is 3.80. The van der Waals surface area contributed by atoms with Crippen LogP contribution in [0.15, 0.2) is 75.7 Å². The smallest absolute Gasteiger partial charge is 0.302 e. The van der Waals surface area contributed by atoms with Crippen molar-refractivity contribution >= 4 is 39.1 Å². The van der Waals surface area contributed by atoms with Crippen LogP contribution in [-0.2, 0) is 4.79 Å². The van der Waals surface area contributed by atoms with Gasteiger partial charge >= 0.3 is 5.91 Å². The van der Waals surface area contributed by atoms with Gasteiger partial charge in [-0.2, -0.15) is 0 Å². The number of hydrogen-bond acceptors (Lipinski definition) is 9. The predicted octanol–water partition coefficient (Wildman–Crippen LogP) is 4.38. The van der Waals surface area contributed by atoms with Crippen molar-refractivity contribution in [1.29, 1.82) is 0 Å². The Morgan fingerprint density at radius 1 is 1.08 bits per heavy atom. The van der Waals surface area contributed by atoms with Crippen molar-refractivity contribution in [2.75, 3.05) is 13.7 Å². The third-order valence-electron chi connectivity index (χ3n) is 5.61. The predicted molar refractivity (Wildman–Crippen MR) is 136 cm³/mol. The molecule has 0 fully saturated rings. The van der Waals surface area contributed by atoms with Crippen LogP contribution in [0.1, 0.15) is 0 Å². The molecule has 0 aliphatic rings. The normalized spacial score (nSPS) is 11.3. The van der Waals surface area contributed by atoms with E-state index in [-0.39, 0.29) is 33.8 Å². The van der Waals surface area contributed by atoms with Gasteiger partial charge in [0, 0.05) is 23.1 Å². The van der Waals surface area contributed by atoms with Crippen LogP contribution in [0.2, 0.25) is 0 Å². The van der Waals surface area contributed by atoms with Crippen molar-refractivity contribution in [1.82, 2.24) is 15.0 Å². The minimum absolute atomic E-state index is 0.115.